The lowest BCUT2D eigenvalue weighted by molar-refractivity contribution is -0.140. The van der Waals surface area contributed by atoms with Crippen molar-refractivity contribution in [3.63, 3.8) is 0 Å². The van der Waals surface area contributed by atoms with E-state index in [4.69, 9.17) is 0 Å². The molecular weight excluding hydrogens is 380 g/mol. The number of carbonyl (C=O) groups excluding carboxylic acids is 1. The molecule has 0 radical (unpaired) electrons. The molecule has 1 aromatic rings. The van der Waals surface area contributed by atoms with Gasteiger partial charge in [0.25, 0.3) is 0 Å². The van der Waals surface area contributed by atoms with E-state index in [1.54, 1.807) is 12.2 Å². The molecular formula is C25H40O5. The van der Waals surface area contributed by atoms with Crippen LogP contribution in [0.15, 0.2) is 42.5 Å². The summed E-state index contributed by atoms with van der Waals surface area (Å²) in [6.07, 6.45) is 9.67. The number of esters is 1. The molecule has 0 spiro atoms. The third-order valence-electron chi connectivity index (χ3n) is 4.61. The van der Waals surface area contributed by atoms with E-state index in [0.717, 1.165) is 36.8 Å². The predicted molar refractivity (Wildman–Crippen MR) is 123 cm³/mol. The molecule has 0 amide bonds. The Morgan fingerprint density at radius 1 is 1.00 bits per heavy atom. The van der Waals surface area contributed by atoms with Gasteiger partial charge in [-0.1, -0.05) is 88.6 Å². The van der Waals surface area contributed by atoms with Crippen molar-refractivity contribution in [2.45, 2.75) is 84.0 Å². The number of methoxy groups -OCH3 is 1. The van der Waals surface area contributed by atoms with Crippen molar-refractivity contribution in [2.24, 2.45) is 0 Å². The maximum absolute atomic E-state index is 11.0. The molecule has 30 heavy (non-hydrogen) atoms. The number of benzene rings is 1. The van der Waals surface area contributed by atoms with Gasteiger partial charge in [-0.05, 0) is 30.4 Å². The highest BCUT2D eigenvalue weighted by atomic mass is 16.5. The molecule has 5 heteroatoms. The minimum Gasteiger partial charge on any atom is -0.469 e. The number of rotatable bonds is 13. The van der Waals surface area contributed by atoms with Crippen LogP contribution in [0.4, 0.5) is 0 Å². The number of ether oxygens (including phenoxy) is 1. The van der Waals surface area contributed by atoms with Gasteiger partial charge in [0.15, 0.2) is 0 Å². The van der Waals surface area contributed by atoms with Crippen LogP contribution >= 0.6 is 0 Å². The second-order valence-electron chi connectivity index (χ2n) is 6.95. The van der Waals surface area contributed by atoms with Crippen molar-refractivity contribution < 1.29 is 24.9 Å². The van der Waals surface area contributed by atoms with Gasteiger partial charge in [-0.3, -0.25) is 4.79 Å². The van der Waals surface area contributed by atoms with Crippen LogP contribution in [-0.2, 0) is 9.53 Å². The average molecular weight is 421 g/mol. The molecule has 0 aliphatic carbocycles. The Hall–Kier alpha value is -1.95. The summed E-state index contributed by atoms with van der Waals surface area (Å²) in [6.45, 7) is 6.15. The number of carbonyl (C=O) groups is 1. The van der Waals surface area contributed by atoms with E-state index >= 15 is 0 Å². The van der Waals surface area contributed by atoms with Crippen LogP contribution in [0, 0.1) is 0 Å². The van der Waals surface area contributed by atoms with Crippen LogP contribution in [0.5, 0.6) is 0 Å². The molecule has 0 saturated heterocycles. The predicted octanol–water partition coefficient (Wildman–Crippen LogP) is 4.96. The number of hydrogen-bond acceptors (Lipinski definition) is 5. The first-order valence-corrected chi connectivity index (χ1v) is 11.0. The van der Waals surface area contributed by atoms with Gasteiger partial charge < -0.3 is 20.1 Å². The number of allylic oxidation sites excluding steroid dienone is 2. The second-order valence-corrected chi connectivity index (χ2v) is 6.95. The van der Waals surface area contributed by atoms with E-state index in [1.165, 1.54) is 13.2 Å². The van der Waals surface area contributed by atoms with E-state index in [9.17, 15) is 20.1 Å². The van der Waals surface area contributed by atoms with Gasteiger partial charge >= 0.3 is 5.97 Å². The molecule has 5 nitrogen and oxygen atoms in total. The largest absolute Gasteiger partial charge is 0.469 e. The molecule has 0 bridgehead atoms. The van der Waals surface area contributed by atoms with E-state index in [0.29, 0.717) is 12.8 Å². The van der Waals surface area contributed by atoms with Crippen molar-refractivity contribution >= 4 is 12.0 Å². The van der Waals surface area contributed by atoms with Gasteiger partial charge in [-0.2, -0.15) is 0 Å². The number of unbranched alkanes of at least 4 members (excludes halogenated alkanes) is 2. The molecule has 0 saturated carbocycles. The molecule has 1 rings (SSSR count). The van der Waals surface area contributed by atoms with Crippen LogP contribution in [0.3, 0.4) is 0 Å². The number of aliphatic hydroxyl groups is 3. The molecule has 3 N–H and O–H groups in total. The monoisotopic (exact) mass is 420 g/mol. The van der Waals surface area contributed by atoms with E-state index in [-0.39, 0.29) is 12.4 Å². The van der Waals surface area contributed by atoms with Crippen LogP contribution in [0.25, 0.3) is 6.08 Å². The quantitative estimate of drug-likeness (QED) is 0.238. The minimum absolute atomic E-state index is 0.229. The summed E-state index contributed by atoms with van der Waals surface area (Å²) in [4.78, 5) is 11.0. The fourth-order valence-corrected chi connectivity index (χ4v) is 2.78. The summed E-state index contributed by atoms with van der Waals surface area (Å²) in [6, 6.07) is 7.75. The minimum atomic E-state index is -0.983. The standard InChI is InChI=1S/C23H34O5.C2H6/c1-3-4-5-10-20(24)19-16-14-18(15-17-19)9-6-7-11-21(25)22(26)12-8-13-23(27)28-2;1-2/h6-7,9,11,14-17,20-22,24-26H,3-5,8,10,12-13H2,1-2H3;1-2H3/b9-6-,11-7+;. The summed E-state index contributed by atoms with van der Waals surface area (Å²) in [7, 11) is 1.33. The lowest BCUT2D eigenvalue weighted by Gasteiger charge is -2.13. The molecule has 0 aliphatic rings. The Bertz CT molecular complexity index is 606. The third-order valence-corrected chi connectivity index (χ3v) is 4.61. The van der Waals surface area contributed by atoms with E-state index in [2.05, 4.69) is 11.7 Å². The zero-order valence-corrected chi connectivity index (χ0v) is 19.0. The molecule has 0 aliphatic heterocycles. The second kappa shape index (κ2) is 17.9. The molecule has 170 valence electrons. The van der Waals surface area contributed by atoms with Crippen LogP contribution in [-0.4, -0.2) is 40.6 Å². The lowest BCUT2D eigenvalue weighted by Crippen LogP contribution is -2.23. The number of hydrogen-bond donors (Lipinski definition) is 3. The van der Waals surface area contributed by atoms with Crippen LogP contribution < -0.4 is 0 Å². The van der Waals surface area contributed by atoms with Gasteiger partial charge in [0, 0.05) is 6.42 Å². The Balaban J connectivity index is 0.00000407. The molecule has 1 aromatic carbocycles. The first-order chi connectivity index (χ1) is 14.5. The normalized spacial score (nSPS) is 14.2. The van der Waals surface area contributed by atoms with Crippen molar-refractivity contribution in [2.75, 3.05) is 7.11 Å². The first kappa shape index (κ1) is 28.1. The van der Waals surface area contributed by atoms with Crippen LogP contribution in [0.2, 0.25) is 0 Å². The summed E-state index contributed by atoms with van der Waals surface area (Å²) in [5.74, 6) is -0.320. The highest BCUT2D eigenvalue weighted by Crippen LogP contribution is 2.20. The summed E-state index contributed by atoms with van der Waals surface area (Å²) < 4.78 is 4.54. The van der Waals surface area contributed by atoms with Gasteiger partial charge in [-0.25, -0.2) is 0 Å². The molecule has 3 atom stereocenters. The lowest BCUT2D eigenvalue weighted by atomic mass is 10.0. The number of aliphatic hydroxyl groups excluding tert-OH is 3. The summed E-state index contributed by atoms with van der Waals surface area (Å²) in [5, 5.41) is 30.0. The Labute approximate surface area is 182 Å². The van der Waals surface area contributed by atoms with Gasteiger partial charge in [0.1, 0.15) is 0 Å². The van der Waals surface area contributed by atoms with Gasteiger partial charge in [0.2, 0.25) is 0 Å². The highest BCUT2D eigenvalue weighted by Gasteiger charge is 2.13. The van der Waals surface area contributed by atoms with Gasteiger partial charge in [-0.15, -0.1) is 0 Å². The average Bonchev–Trinajstić information content (AvgIpc) is 2.78. The van der Waals surface area contributed by atoms with Gasteiger partial charge in [0.05, 0.1) is 25.4 Å². The Morgan fingerprint density at radius 2 is 1.67 bits per heavy atom. The maximum atomic E-state index is 11.0. The third kappa shape index (κ3) is 12.6. The zero-order valence-electron chi connectivity index (χ0n) is 19.0. The smallest absolute Gasteiger partial charge is 0.305 e. The molecule has 0 heterocycles. The van der Waals surface area contributed by atoms with Crippen LogP contribution in [0.1, 0.15) is 82.9 Å². The summed E-state index contributed by atoms with van der Waals surface area (Å²) >= 11 is 0. The fraction of sp³-hybridized carbons (Fsp3) is 0.560. The molecule has 0 aromatic heterocycles. The molecule has 0 fully saturated rings. The fourth-order valence-electron chi connectivity index (χ4n) is 2.78. The first-order valence-electron chi connectivity index (χ1n) is 11.0. The topological polar surface area (TPSA) is 87.0 Å². The maximum Gasteiger partial charge on any atom is 0.305 e. The van der Waals surface area contributed by atoms with Crippen molar-refractivity contribution in [1.82, 2.24) is 0 Å². The zero-order chi connectivity index (χ0) is 22.8. The SMILES string of the molecule is CC.CCCCCC(O)c1ccc(/C=C\C=C\C(O)C(O)CCCC(=O)OC)cc1. The van der Waals surface area contributed by atoms with E-state index < -0.39 is 18.3 Å². The van der Waals surface area contributed by atoms with Crippen molar-refractivity contribution in [3.8, 4) is 0 Å². The van der Waals surface area contributed by atoms with Crippen molar-refractivity contribution in [3.05, 3.63) is 53.6 Å². The summed E-state index contributed by atoms with van der Waals surface area (Å²) in [5.41, 5.74) is 1.91. The Kier molecular flexibility index (Phi) is 16.7. The highest BCUT2D eigenvalue weighted by molar-refractivity contribution is 5.68. The van der Waals surface area contributed by atoms with Crippen molar-refractivity contribution in [1.29, 1.82) is 0 Å². The molecule has 3 unspecified atom stereocenters. The Morgan fingerprint density at radius 3 is 2.27 bits per heavy atom. The van der Waals surface area contributed by atoms with E-state index in [1.807, 2.05) is 44.2 Å².